The molecule has 2 heteroatoms. The Morgan fingerprint density at radius 2 is 1.55 bits per heavy atom. The Bertz CT molecular complexity index is 413. The molecule has 0 saturated carbocycles. The highest BCUT2D eigenvalue weighted by molar-refractivity contribution is 5.90. The molecule has 0 fully saturated rings. The van der Waals surface area contributed by atoms with Crippen molar-refractivity contribution in [2.75, 3.05) is 5.32 Å². The van der Waals surface area contributed by atoms with Crippen LogP contribution in [0.25, 0.3) is 0 Å². The van der Waals surface area contributed by atoms with Gasteiger partial charge in [-0.25, -0.2) is 0 Å². The van der Waals surface area contributed by atoms with Gasteiger partial charge < -0.3 is 5.32 Å². The first-order chi connectivity index (χ1) is 10.5. The van der Waals surface area contributed by atoms with Crippen molar-refractivity contribution in [1.29, 1.82) is 0 Å². The normalized spacial score (nSPS) is 13.9. The molecule has 1 amide bonds. The lowest BCUT2D eigenvalue weighted by Crippen LogP contribution is -2.15. The van der Waals surface area contributed by atoms with Crippen LogP contribution in [-0.2, 0) is 4.79 Å². The van der Waals surface area contributed by atoms with E-state index in [4.69, 9.17) is 0 Å². The van der Waals surface area contributed by atoms with Gasteiger partial charge in [0.2, 0.25) is 5.91 Å². The molecule has 2 unspecified atom stereocenters. The van der Waals surface area contributed by atoms with Gasteiger partial charge in [0.05, 0.1) is 0 Å². The monoisotopic (exact) mass is 303 g/mol. The molecule has 0 bridgehead atoms. The van der Waals surface area contributed by atoms with Gasteiger partial charge in [0.1, 0.15) is 0 Å². The average molecular weight is 303 g/mol. The third-order valence-electron chi connectivity index (χ3n) is 4.22. The highest BCUT2D eigenvalue weighted by Gasteiger charge is 2.11. The van der Waals surface area contributed by atoms with Gasteiger partial charge in [0, 0.05) is 12.1 Å². The van der Waals surface area contributed by atoms with Gasteiger partial charge in [-0.05, 0) is 36.3 Å². The van der Waals surface area contributed by atoms with Crippen LogP contribution in [0.4, 0.5) is 5.69 Å². The Morgan fingerprint density at radius 1 is 0.909 bits per heavy atom. The zero-order valence-electron chi connectivity index (χ0n) is 14.8. The summed E-state index contributed by atoms with van der Waals surface area (Å²) in [6.45, 7) is 9.11. The van der Waals surface area contributed by atoms with Crippen LogP contribution in [-0.4, -0.2) is 5.91 Å². The number of anilines is 1. The molecule has 1 N–H and O–H groups in total. The number of benzene rings is 1. The van der Waals surface area contributed by atoms with Gasteiger partial charge in [0.15, 0.2) is 0 Å². The second kappa shape index (κ2) is 10.4. The molecule has 1 aromatic carbocycles. The van der Waals surface area contributed by atoms with E-state index in [9.17, 15) is 4.79 Å². The largest absolute Gasteiger partial charge is 0.326 e. The number of hydrogen-bond donors (Lipinski definition) is 1. The van der Waals surface area contributed by atoms with Crippen molar-refractivity contribution >= 4 is 11.6 Å². The van der Waals surface area contributed by atoms with Crippen molar-refractivity contribution in [2.24, 2.45) is 17.8 Å². The molecule has 0 aliphatic heterocycles. The predicted octanol–water partition coefficient (Wildman–Crippen LogP) is 5.89. The van der Waals surface area contributed by atoms with Gasteiger partial charge >= 0.3 is 0 Å². The van der Waals surface area contributed by atoms with Crippen molar-refractivity contribution in [1.82, 2.24) is 0 Å². The number of para-hydroxylation sites is 1. The Kier molecular flexibility index (Phi) is 8.88. The fourth-order valence-corrected chi connectivity index (χ4v) is 2.74. The van der Waals surface area contributed by atoms with Gasteiger partial charge in [-0.3, -0.25) is 4.79 Å². The molecule has 2 atom stereocenters. The summed E-state index contributed by atoms with van der Waals surface area (Å²) in [5.41, 5.74) is 0.891. The van der Waals surface area contributed by atoms with E-state index in [1.54, 1.807) is 0 Å². The summed E-state index contributed by atoms with van der Waals surface area (Å²) in [5, 5.41) is 2.97. The SMILES string of the molecule is CC(C)CCCC(C)CCC(C)CC(=O)Nc1ccccc1. The van der Waals surface area contributed by atoms with Crippen LogP contribution >= 0.6 is 0 Å². The molecule has 0 spiro atoms. The molecule has 1 rings (SSSR count). The minimum atomic E-state index is 0.131. The fourth-order valence-electron chi connectivity index (χ4n) is 2.74. The molecule has 1 aromatic rings. The van der Waals surface area contributed by atoms with Crippen molar-refractivity contribution in [3.63, 3.8) is 0 Å². The van der Waals surface area contributed by atoms with E-state index in [-0.39, 0.29) is 5.91 Å². The van der Waals surface area contributed by atoms with E-state index < -0.39 is 0 Å². The van der Waals surface area contributed by atoms with Crippen LogP contribution in [0.5, 0.6) is 0 Å². The lowest BCUT2D eigenvalue weighted by Gasteiger charge is -2.16. The van der Waals surface area contributed by atoms with Crippen molar-refractivity contribution in [3.05, 3.63) is 30.3 Å². The predicted molar refractivity (Wildman–Crippen MR) is 95.9 cm³/mol. The standard InChI is InChI=1S/C20H33NO/c1-16(2)9-8-10-17(3)13-14-18(4)15-20(22)21-19-11-6-5-7-12-19/h5-7,11-12,16-18H,8-10,13-15H2,1-4H3,(H,21,22). The molecular weight excluding hydrogens is 270 g/mol. The number of carbonyl (C=O) groups excluding carboxylic acids is 1. The molecule has 2 nitrogen and oxygen atoms in total. The van der Waals surface area contributed by atoms with Crippen LogP contribution in [0.15, 0.2) is 30.3 Å². The van der Waals surface area contributed by atoms with Crippen LogP contribution in [0.2, 0.25) is 0 Å². The van der Waals surface area contributed by atoms with Gasteiger partial charge in [-0.1, -0.05) is 71.6 Å². The number of carbonyl (C=O) groups is 1. The third-order valence-corrected chi connectivity index (χ3v) is 4.22. The molecule has 0 aliphatic carbocycles. The van der Waals surface area contributed by atoms with E-state index in [2.05, 4.69) is 33.0 Å². The Morgan fingerprint density at radius 3 is 2.18 bits per heavy atom. The summed E-state index contributed by atoms with van der Waals surface area (Å²) < 4.78 is 0. The Hall–Kier alpha value is -1.31. The second-order valence-corrected chi connectivity index (χ2v) is 7.23. The van der Waals surface area contributed by atoms with E-state index in [1.807, 2.05) is 30.3 Å². The summed E-state index contributed by atoms with van der Waals surface area (Å²) in [6.07, 6.45) is 6.98. The summed E-state index contributed by atoms with van der Waals surface area (Å²) in [7, 11) is 0. The number of amides is 1. The maximum Gasteiger partial charge on any atom is 0.224 e. The van der Waals surface area contributed by atoms with Gasteiger partial charge in [-0.2, -0.15) is 0 Å². The minimum Gasteiger partial charge on any atom is -0.326 e. The molecule has 124 valence electrons. The first kappa shape index (κ1) is 18.7. The zero-order chi connectivity index (χ0) is 16.4. The molecular formula is C20H33NO. The quantitative estimate of drug-likeness (QED) is 0.573. The van der Waals surface area contributed by atoms with Crippen molar-refractivity contribution < 1.29 is 4.79 Å². The first-order valence-corrected chi connectivity index (χ1v) is 8.82. The van der Waals surface area contributed by atoms with Gasteiger partial charge in [0.25, 0.3) is 0 Å². The minimum absolute atomic E-state index is 0.131. The van der Waals surface area contributed by atoms with Crippen LogP contribution < -0.4 is 5.32 Å². The molecule has 22 heavy (non-hydrogen) atoms. The third kappa shape index (κ3) is 8.86. The first-order valence-electron chi connectivity index (χ1n) is 8.82. The average Bonchev–Trinajstić information content (AvgIpc) is 2.45. The highest BCUT2D eigenvalue weighted by atomic mass is 16.1. The molecule has 0 saturated heterocycles. The topological polar surface area (TPSA) is 29.1 Å². The van der Waals surface area contributed by atoms with Crippen molar-refractivity contribution in [2.45, 2.75) is 66.2 Å². The summed E-state index contributed by atoms with van der Waals surface area (Å²) in [4.78, 5) is 12.0. The summed E-state index contributed by atoms with van der Waals surface area (Å²) in [5.74, 6) is 2.17. The lowest BCUT2D eigenvalue weighted by molar-refractivity contribution is -0.117. The highest BCUT2D eigenvalue weighted by Crippen LogP contribution is 2.21. The van der Waals surface area contributed by atoms with Crippen LogP contribution in [0.3, 0.4) is 0 Å². The number of rotatable bonds is 10. The molecule has 0 radical (unpaired) electrons. The van der Waals surface area contributed by atoms with Gasteiger partial charge in [-0.15, -0.1) is 0 Å². The van der Waals surface area contributed by atoms with Crippen LogP contribution in [0, 0.1) is 17.8 Å². The van der Waals surface area contributed by atoms with Crippen LogP contribution in [0.1, 0.15) is 66.2 Å². The second-order valence-electron chi connectivity index (χ2n) is 7.23. The zero-order valence-corrected chi connectivity index (χ0v) is 14.8. The van der Waals surface area contributed by atoms with E-state index in [0.29, 0.717) is 12.3 Å². The van der Waals surface area contributed by atoms with E-state index in [0.717, 1.165) is 23.9 Å². The summed E-state index contributed by atoms with van der Waals surface area (Å²) in [6, 6.07) is 9.70. The molecule has 0 aliphatic rings. The Balaban J connectivity index is 2.17. The fraction of sp³-hybridized carbons (Fsp3) is 0.650. The smallest absolute Gasteiger partial charge is 0.224 e. The maximum atomic E-state index is 12.0. The lowest BCUT2D eigenvalue weighted by atomic mass is 9.91. The molecule has 0 aromatic heterocycles. The number of nitrogens with one attached hydrogen (secondary N) is 1. The van der Waals surface area contributed by atoms with E-state index in [1.165, 1.54) is 25.7 Å². The number of hydrogen-bond acceptors (Lipinski definition) is 1. The van der Waals surface area contributed by atoms with E-state index >= 15 is 0 Å². The molecule has 0 heterocycles. The van der Waals surface area contributed by atoms with Crippen molar-refractivity contribution in [3.8, 4) is 0 Å². The maximum absolute atomic E-state index is 12.0. The summed E-state index contributed by atoms with van der Waals surface area (Å²) >= 11 is 0. The Labute approximate surface area is 136 Å².